The molecular weight excluding hydrogens is 365 g/mol. The number of sulfonamides is 1. The number of nitrogens with one attached hydrogen (secondary N) is 1. The van der Waals surface area contributed by atoms with Crippen LogP contribution < -0.4 is 5.32 Å². The van der Waals surface area contributed by atoms with Gasteiger partial charge in [0.2, 0.25) is 15.9 Å². The SMILES string of the molecule is Cc1c([N+](=O)[O-])cccc1S(=O)(=O)N(C)CC(=O)Nc1cccc(F)c1. The standard InChI is InChI=1S/C16H16FN3O5S/c1-11-14(20(22)23)7-4-8-15(11)26(24,25)19(2)10-16(21)18-13-6-3-5-12(17)9-13/h3-9H,10H2,1-2H3,(H,18,21). The molecule has 1 amide bonds. The van der Waals surface area contributed by atoms with Crippen LogP contribution in [0.5, 0.6) is 0 Å². The zero-order chi connectivity index (χ0) is 19.5. The first-order valence-corrected chi connectivity index (χ1v) is 8.82. The van der Waals surface area contributed by atoms with E-state index in [1.807, 2.05) is 0 Å². The number of benzene rings is 2. The summed E-state index contributed by atoms with van der Waals surface area (Å²) in [5.41, 5.74) is -0.161. The van der Waals surface area contributed by atoms with E-state index < -0.39 is 33.2 Å². The van der Waals surface area contributed by atoms with Crippen LogP contribution in [0.25, 0.3) is 0 Å². The number of nitro benzene ring substituents is 1. The van der Waals surface area contributed by atoms with Gasteiger partial charge in [0.05, 0.1) is 16.4 Å². The Hall–Kier alpha value is -2.85. The monoisotopic (exact) mass is 381 g/mol. The highest BCUT2D eigenvalue weighted by Crippen LogP contribution is 2.26. The van der Waals surface area contributed by atoms with Crippen molar-refractivity contribution in [2.24, 2.45) is 0 Å². The zero-order valence-corrected chi connectivity index (χ0v) is 14.8. The van der Waals surface area contributed by atoms with E-state index in [0.29, 0.717) is 0 Å². The van der Waals surface area contributed by atoms with Crippen LogP contribution in [0.1, 0.15) is 5.56 Å². The van der Waals surface area contributed by atoms with Gasteiger partial charge in [-0.05, 0) is 31.2 Å². The molecule has 0 radical (unpaired) electrons. The molecular formula is C16H16FN3O5S. The maximum Gasteiger partial charge on any atom is 0.273 e. The lowest BCUT2D eigenvalue weighted by Crippen LogP contribution is -2.35. The number of halogens is 1. The molecule has 1 N–H and O–H groups in total. The molecule has 26 heavy (non-hydrogen) atoms. The van der Waals surface area contributed by atoms with Gasteiger partial charge in [-0.25, -0.2) is 12.8 Å². The molecule has 2 aromatic rings. The van der Waals surface area contributed by atoms with Crippen LogP contribution >= 0.6 is 0 Å². The van der Waals surface area contributed by atoms with Crippen LogP contribution in [-0.4, -0.2) is 37.1 Å². The number of rotatable bonds is 6. The average Bonchev–Trinajstić information content (AvgIpc) is 2.54. The van der Waals surface area contributed by atoms with Gasteiger partial charge in [0, 0.05) is 24.4 Å². The maximum absolute atomic E-state index is 13.1. The van der Waals surface area contributed by atoms with Gasteiger partial charge < -0.3 is 5.32 Å². The molecule has 0 aliphatic carbocycles. The van der Waals surface area contributed by atoms with Crippen molar-refractivity contribution in [3.05, 3.63) is 64.0 Å². The number of carbonyl (C=O) groups excluding carboxylic acids is 1. The molecule has 138 valence electrons. The third-order valence-corrected chi connectivity index (χ3v) is 5.56. The van der Waals surface area contributed by atoms with E-state index in [1.165, 1.54) is 50.4 Å². The highest BCUT2D eigenvalue weighted by atomic mass is 32.2. The second-order valence-corrected chi connectivity index (χ2v) is 7.49. The number of nitrogens with zero attached hydrogens (tertiary/aromatic N) is 2. The van der Waals surface area contributed by atoms with E-state index in [4.69, 9.17) is 0 Å². The molecule has 10 heteroatoms. The fraction of sp³-hybridized carbons (Fsp3) is 0.188. The maximum atomic E-state index is 13.1. The normalized spacial score (nSPS) is 11.4. The Labute approximate surface area is 149 Å². The summed E-state index contributed by atoms with van der Waals surface area (Å²) in [7, 11) is -2.95. The lowest BCUT2D eigenvalue weighted by atomic mass is 10.2. The predicted octanol–water partition coefficient (Wildman–Crippen LogP) is 2.30. The van der Waals surface area contributed by atoms with Crippen LogP contribution in [-0.2, 0) is 14.8 Å². The molecule has 0 atom stereocenters. The molecule has 0 bridgehead atoms. The molecule has 0 fully saturated rings. The molecule has 0 aliphatic rings. The fourth-order valence-corrected chi connectivity index (χ4v) is 3.67. The van der Waals surface area contributed by atoms with Crippen LogP contribution in [0.3, 0.4) is 0 Å². The molecule has 0 heterocycles. The number of carbonyl (C=O) groups is 1. The Morgan fingerprint density at radius 3 is 2.54 bits per heavy atom. The zero-order valence-electron chi connectivity index (χ0n) is 14.0. The average molecular weight is 381 g/mol. The molecule has 0 aromatic heterocycles. The van der Waals surface area contributed by atoms with Gasteiger partial charge in [0.25, 0.3) is 5.69 Å². The van der Waals surface area contributed by atoms with Crippen LogP contribution in [0, 0.1) is 22.9 Å². The predicted molar refractivity (Wildman–Crippen MR) is 92.7 cm³/mol. The van der Waals surface area contributed by atoms with Gasteiger partial charge in [-0.15, -0.1) is 0 Å². The number of nitro groups is 1. The minimum Gasteiger partial charge on any atom is -0.325 e. The van der Waals surface area contributed by atoms with Gasteiger partial charge in [0.15, 0.2) is 0 Å². The van der Waals surface area contributed by atoms with E-state index in [1.54, 1.807) is 0 Å². The number of amides is 1. The molecule has 0 aliphatic heterocycles. The number of hydrogen-bond donors (Lipinski definition) is 1. The lowest BCUT2D eigenvalue weighted by molar-refractivity contribution is -0.385. The molecule has 0 saturated heterocycles. The number of likely N-dealkylation sites (N-methyl/N-ethyl adjacent to an activating group) is 1. The number of anilines is 1. The molecule has 2 aromatic carbocycles. The summed E-state index contributed by atoms with van der Waals surface area (Å²) in [6.45, 7) is 0.784. The van der Waals surface area contributed by atoms with Crippen molar-refractivity contribution < 1.29 is 22.5 Å². The largest absolute Gasteiger partial charge is 0.325 e. The van der Waals surface area contributed by atoms with Gasteiger partial charge in [0.1, 0.15) is 5.82 Å². The fourth-order valence-electron chi connectivity index (χ4n) is 2.30. The van der Waals surface area contributed by atoms with Crippen LogP contribution in [0.15, 0.2) is 47.4 Å². The van der Waals surface area contributed by atoms with Gasteiger partial charge in [-0.1, -0.05) is 12.1 Å². The van der Waals surface area contributed by atoms with E-state index in [9.17, 15) is 27.7 Å². The summed E-state index contributed by atoms with van der Waals surface area (Å²) >= 11 is 0. The smallest absolute Gasteiger partial charge is 0.273 e. The Balaban J connectivity index is 2.20. The first kappa shape index (κ1) is 19.5. The first-order chi connectivity index (χ1) is 12.1. The van der Waals surface area contributed by atoms with Crippen molar-refractivity contribution >= 4 is 27.3 Å². The summed E-state index contributed by atoms with van der Waals surface area (Å²) in [6.07, 6.45) is 0. The quantitative estimate of drug-likeness (QED) is 0.610. The minimum absolute atomic E-state index is 0.0186. The highest BCUT2D eigenvalue weighted by Gasteiger charge is 2.28. The Morgan fingerprint density at radius 2 is 1.92 bits per heavy atom. The van der Waals surface area contributed by atoms with E-state index in [-0.39, 0.29) is 21.8 Å². The second-order valence-electron chi connectivity index (χ2n) is 5.48. The van der Waals surface area contributed by atoms with Crippen LogP contribution in [0.4, 0.5) is 15.8 Å². The van der Waals surface area contributed by atoms with E-state index in [0.717, 1.165) is 10.4 Å². The Kier molecular flexibility index (Phi) is 5.68. The lowest BCUT2D eigenvalue weighted by Gasteiger charge is -2.18. The van der Waals surface area contributed by atoms with Crippen molar-refractivity contribution in [2.45, 2.75) is 11.8 Å². The molecule has 0 saturated carbocycles. The Bertz CT molecular complexity index is 962. The number of hydrogen-bond acceptors (Lipinski definition) is 5. The van der Waals surface area contributed by atoms with Crippen molar-refractivity contribution in [1.29, 1.82) is 0 Å². The van der Waals surface area contributed by atoms with E-state index in [2.05, 4.69) is 5.32 Å². The topological polar surface area (TPSA) is 110 Å². The van der Waals surface area contributed by atoms with Crippen molar-refractivity contribution in [2.75, 3.05) is 18.9 Å². The van der Waals surface area contributed by atoms with Crippen LogP contribution in [0.2, 0.25) is 0 Å². The van der Waals surface area contributed by atoms with Gasteiger partial charge >= 0.3 is 0 Å². The van der Waals surface area contributed by atoms with Gasteiger partial charge in [-0.2, -0.15) is 4.31 Å². The van der Waals surface area contributed by atoms with E-state index >= 15 is 0 Å². The van der Waals surface area contributed by atoms with Crippen molar-refractivity contribution in [1.82, 2.24) is 4.31 Å². The third kappa shape index (κ3) is 4.21. The van der Waals surface area contributed by atoms with Gasteiger partial charge in [-0.3, -0.25) is 14.9 Å². The van der Waals surface area contributed by atoms with Crippen molar-refractivity contribution in [3.63, 3.8) is 0 Å². The summed E-state index contributed by atoms with van der Waals surface area (Å²) in [5.74, 6) is -1.22. The minimum atomic E-state index is -4.13. The Morgan fingerprint density at radius 1 is 1.27 bits per heavy atom. The highest BCUT2D eigenvalue weighted by molar-refractivity contribution is 7.89. The molecule has 0 unspecified atom stereocenters. The molecule has 0 spiro atoms. The summed E-state index contributed by atoms with van der Waals surface area (Å²) in [5, 5.41) is 13.4. The second kappa shape index (κ2) is 7.58. The first-order valence-electron chi connectivity index (χ1n) is 7.38. The summed E-state index contributed by atoms with van der Waals surface area (Å²) in [6, 6.07) is 8.86. The molecule has 2 rings (SSSR count). The summed E-state index contributed by atoms with van der Waals surface area (Å²) in [4.78, 5) is 22.1. The molecule has 8 nitrogen and oxygen atoms in total. The van der Waals surface area contributed by atoms with Crippen molar-refractivity contribution in [3.8, 4) is 0 Å². The summed E-state index contributed by atoms with van der Waals surface area (Å²) < 4.78 is 39.2. The third-order valence-electron chi connectivity index (χ3n) is 3.62.